The Labute approximate surface area is 168 Å². The molecule has 28 heavy (non-hydrogen) atoms. The molecule has 0 fully saturated rings. The topological polar surface area (TPSA) is 110 Å². The van der Waals surface area contributed by atoms with Crippen LogP contribution in [0.15, 0.2) is 33.9 Å². The number of nitrogens with one attached hydrogen (secondary N) is 1. The highest BCUT2D eigenvalue weighted by molar-refractivity contribution is 7.99. The van der Waals surface area contributed by atoms with Crippen molar-refractivity contribution in [1.82, 2.24) is 15.5 Å². The van der Waals surface area contributed by atoms with Gasteiger partial charge in [0, 0.05) is 29.8 Å². The fraction of sp³-hybridized carbons (Fsp3) is 0.474. The van der Waals surface area contributed by atoms with Gasteiger partial charge in [-0.2, -0.15) is 5.26 Å². The van der Waals surface area contributed by atoms with Crippen molar-refractivity contribution in [2.75, 3.05) is 13.7 Å². The summed E-state index contributed by atoms with van der Waals surface area (Å²) < 4.78 is 15.7. The van der Waals surface area contributed by atoms with Crippen molar-refractivity contribution in [3.63, 3.8) is 0 Å². The molecule has 1 amide bonds. The summed E-state index contributed by atoms with van der Waals surface area (Å²) in [5.41, 5.74) is -0.0710. The number of thioether (sulfide) groups is 1. The molecule has 0 aromatic carbocycles. The minimum Gasteiger partial charge on any atom is -0.481 e. The van der Waals surface area contributed by atoms with Gasteiger partial charge in [0.2, 0.25) is 5.88 Å². The zero-order valence-electron chi connectivity index (χ0n) is 16.4. The van der Waals surface area contributed by atoms with Crippen LogP contribution in [0.25, 0.3) is 0 Å². The number of aromatic nitrogens is 2. The van der Waals surface area contributed by atoms with E-state index in [1.54, 1.807) is 18.3 Å². The van der Waals surface area contributed by atoms with Crippen LogP contribution in [0.4, 0.5) is 4.79 Å². The van der Waals surface area contributed by atoms with Gasteiger partial charge >= 0.3 is 6.09 Å². The Morgan fingerprint density at radius 2 is 2.25 bits per heavy atom. The normalized spacial score (nSPS) is 12.1. The lowest BCUT2D eigenvalue weighted by Crippen LogP contribution is -2.33. The summed E-state index contributed by atoms with van der Waals surface area (Å²) in [5, 5.41) is 15.8. The van der Waals surface area contributed by atoms with E-state index in [4.69, 9.17) is 14.0 Å². The molecule has 2 aromatic rings. The summed E-state index contributed by atoms with van der Waals surface area (Å²) in [7, 11) is 1.53. The van der Waals surface area contributed by atoms with Crippen molar-refractivity contribution < 1.29 is 18.8 Å². The van der Waals surface area contributed by atoms with E-state index in [1.807, 2.05) is 20.8 Å². The first-order valence-electron chi connectivity index (χ1n) is 8.80. The molecule has 0 saturated heterocycles. The third-order valence-electron chi connectivity index (χ3n) is 3.53. The third-order valence-corrected chi connectivity index (χ3v) is 4.87. The average molecular weight is 404 g/mol. The predicted molar refractivity (Wildman–Crippen MR) is 104 cm³/mol. The lowest BCUT2D eigenvalue weighted by atomic mass is 10.2. The van der Waals surface area contributed by atoms with E-state index < -0.39 is 11.7 Å². The number of nitrogens with zero attached hydrogens (tertiary/aromatic N) is 3. The molecule has 1 N–H and O–H groups in total. The number of hydrogen-bond donors (Lipinski definition) is 1. The van der Waals surface area contributed by atoms with Crippen LogP contribution in [0.5, 0.6) is 5.88 Å². The summed E-state index contributed by atoms with van der Waals surface area (Å²) >= 11 is 1.48. The van der Waals surface area contributed by atoms with Gasteiger partial charge in [-0.25, -0.2) is 9.78 Å². The first kappa shape index (κ1) is 21.6. The number of ether oxygens (including phenoxy) is 2. The minimum atomic E-state index is -0.531. The van der Waals surface area contributed by atoms with E-state index in [9.17, 15) is 10.1 Å². The van der Waals surface area contributed by atoms with Crippen LogP contribution in [0.3, 0.4) is 0 Å². The van der Waals surface area contributed by atoms with Crippen molar-refractivity contribution >= 4 is 17.9 Å². The molecule has 2 heterocycles. The molecule has 0 radical (unpaired) electrons. The van der Waals surface area contributed by atoms with Gasteiger partial charge in [0.1, 0.15) is 17.4 Å². The van der Waals surface area contributed by atoms with Crippen molar-refractivity contribution in [2.45, 2.75) is 49.4 Å². The Morgan fingerprint density at radius 3 is 2.86 bits per heavy atom. The summed E-state index contributed by atoms with van der Waals surface area (Å²) in [6.07, 6.45) is 4.03. The Morgan fingerprint density at radius 1 is 1.46 bits per heavy atom. The molecule has 0 spiro atoms. The number of rotatable bonds is 8. The highest BCUT2D eigenvalue weighted by Gasteiger charge is 2.20. The summed E-state index contributed by atoms with van der Waals surface area (Å²) in [6, 6.07) is 5.67. The Bertz CT molecular complexity index is 812. The van der Waals surface area contributed by atoms with E-state index >= 15 is 0 Å². The molecular formula is C19H24N4O4S. The summed E-state index contributed by atoms with van der Waals surface area (Å²) in [4.78, 5) is 16.6. The maximum absolute atomic E-state index is 11.8. The maximum Gasteiger partial charge on any atom is 0.407 e. The van der Waals surface area contributed by atoms with E-state index in [2.05, 4.69) is 21.5 Å². The molecular weight excluding hydrogens is 380 g/mol. The van der Waals surface area contributed by atoms with Gasteiger partial charge in [-0.05, 0) is 33.6 Å². The van der Waals surface area contributed by atoms with Crippen molar-refractivity contribution in [3.05, 3.63) is 35.9 Å². The molecule has 150 valence electrons. The van der Waals surface area contributed by atoms with Gasteiger partial charge in [0.05, 0.1) is 24.1 Å². The minimum absolute atomic E-state index is 0.0813. The largest absolute Gasteiger partial charge is 0.481 e. The van der Waals surface area contributed by atoms with Gasteiger partial charge in [-0.15, -0.1) is 11.8 Å². The van der Waals surface area contributed by atoms with Crippen molar-refractivity contribution in [2.24, 2.45) is 0 Å². The summed E-state index contributed by atoms with van der Waals surface area (Å²) in [5.74, 6) is 1.13. The molecule has 0 bridgehead atoms. The number of alkyl carbamates (subject to hydrolysis) is 1. The number of amides is 1. The van der Waals surface area contributed by atoms with Gasteiger partial charge in [-0.3, -0.25) is 0 Å². The van der Waals surface area contributed by atoms with E-state index in [-0.39, 0.29) is 5.25 Å². The molecule has 1 unspecified atom stereocenters. The standard InChI is InChI=1S/C19H24N4O4S/c1-19(2,3)26-18(24)21-8-5-6-15(14-7-9-23-27-14)28-16-10-17(25-4)22-12-13(16)11-20/h7,9-10,12,15H,5-6,8H2,1-4H3,(H,21,24). The SMILES string of the molecule is COc1cc(SC(CCCNC(=O)OC(C)(C)C)c2ccno2)c(C#N)cn1. The van der Waals surface area contributed by atoms with Crippen LogP contribution in [0.1, 0.15) is 50.2 Å². The fourth-order valence-electron chi connectivity index (χ4n) is 2.31. The van der Waals surface area contributed by atoms with Crippen LogP contribution in [0, 0.1) is 11.3 Å². The molecule has 1 atom stereocenters. The van der Waals surface area contributed by atoms with Crippen LogP contribution >= 0.6 is 11.8 Å². The van der Waals surface area contributed by atoms with Crippen LogP contribution in [-0.2, 0) is 4.74 Å². The lowest BCUT2D eigenvalue weighted by molar-refractivity contribution is 0.0527. The van der Waals surface area contributed by atoms with Gasteiger partial charge in [0.15, 0.2) is 0 Å². The van der Waals surface area contributed by atoms with Gasteiger partial charge in [-0.1, -0.05) is 5.16 Å². The highest BCUT2D eigenvalue weighted by atomic mass is 32.2. The number of hydrogen-bond acceptors (Lipinski definition) is 8. The molecule has 0 aliphatic rings. The molecule has 8 nitrogen and oxygen atoms in total. The third kappa shape index (κ3) is 6.78. The molecule has 0 aliphatic carbocycles. The first-order valence-corrected chi connectivity index (χ1v) is 9.68. The quantitative estimate of drug-likeness (QED) is 0.517. The predicted octanol–water partition coefficient (Wildman–Crippen LogP) is 4.09. The Hall–Kier alpha value is -2.73. The average Bonchev–Trinajstić information content (AvgIpc) is 3.17. The maximum atomic E-state index is 11.8. The molecule has 0 aliphatic heterocycles. The molecule has 2 aromatic heterocycles. The van der Waals surface area contributed by atoms with E-state index in [0.29, 0.717) is 36.6 Å². The van der Waals surface area contributed by atoms with E-state index in [1.165, 1.54) is 25.1 Å². The Kier molecular flexibility index (Phi) is 7.70. The van der Waals surface area contributed by atoms with Crippen molar-refractivity contribution in [1.29, 1.82) is 5.26 Å². The van der Waals surface area contributed by atoms with Crippen LogP contribution < -0.4 is 10.1 Å². The zero-order valence-corrected chi connectivity index (χ0v) is 17.2. The molecule has 2 rings (SSSR count). The number of pyridine rings is 1. The smallest absolute Gasteiger partial charge is 0.407 e. The van der Waals surface area contributed by atoms with Crippen molar-refractivity contribution in [3.8, 4) is 11.9 Å². The zero-order chi connectivity index (χ0) is 20.6. The number of carbonyl (C=O) groups excluding carboxylic acids is 1. The number of carbonyl (C=O) groups is 1. The second-order valence-corrected chi connectivity index (χ2v) is 8.17. The second kappa shape index (κ2) is 9.99. The number of nitriles is 1. The molecule has 9 heteroatoms. The number of methoxy groups -OCH3 is 1. The van der Waals surface area contributed by atoms with Crippen LogP contribution in [-0.4, -0.2) is 35.5 Å². The van der Waals surface area contributed by atoms with E-state index in [0.717, 1.165) is 4.90 Å². The van der Waals surface area contributed by atoms with Gasteiger partial charge in [0.25, 0.3) is 0 Å². The molecule has 0 saturated carbocycles. The fourth-order valence-corrected chi connectivity index (χ4v) is 3.53. The Balaban J connectivity index is 2.01. The highest BCUT2D eigenvalue weighted by Crippen LogP contribution is 2.40. The van der Waals surface area contributed by atoms with Crippen LogP contribution in [0.2, 0.25) is 0 Å². The monoisotopic (exact) mass is 404 g/mol. The first-order chi connectivity index (χ1) is 13.3. The lowest BCUT2D eigenvalue weighted by Gasteiger charge is -2.20. The van der Waals surface area contributed by atoms with Gasteiger partial charge < -0.3 is 19.3 Å². The summed E-state index contributed by atoms with van der Waals surface area (Å²) in [6.45, 7) is 5.92. The second-order valence-electron chi connectivity index (χ2n) is 6.93.